The molecule has 20 aromatic rings. The van der Waals surface area contributed by atoms with E-state index in [-0.39, 0.29) is 0 Å². The molecule has 0 saturated heterocycles. The van der Waals surface area contributed by atoms with Gasteiger partial charge in [-0.05, 0) is 154 Å². The number of furan rings is 2. The standard InChI is InChI=1S/2C48H31N3O/c1-3-11-34(12-4-1)43-30-38(33-21-19-32(20-22-33)37-25-28-47-41(29-37)40-15-7-10-18-46(40)52-47)31-44(49-43)35-23-26-39(27-24-35)51-45-17-9-8-16-42(45)50-48(51)36-13-5-2-6-14-36;1-3-11-34(12-4-1)43-30-38(33-21-19-32(20-22-33)37-27-28-47-41(29-37)40-15-7-10-18-46(40)52-47)31-44(49-43)35-23-25-36(26-24-35)48-50-42-16-8-9-17-45(42)51(48)39-13-5-2-6-14-39/h2*1-31H. The van der Waals surface area contributed by atoms with Gasteiger partial charge in [-0.3, -0.25) is 9.13 Å². The molecule has 0 unspecified atom stereocenters. The topological polar surface area (TPSA) is 87.7 Å². The molecule has 0 amide bonds. The van der Waals surface area contributed by atoms with Gasteiger partial charge in [0.1, 0.15) is 34.0 Å². The third-order valence-electron chi connectivity index (χ3n) is 19.7. The number of benzene rings is 14. The van der Waals surface area contributed by atoms with Gasteiger partial charge in [0, 0.05) is 66.3 Å². The lowest BCUT2D eigenvalue weighted by Crippen LogP contribution is -1.98. The van der Waals surface area contributed by atoms with Gasteiger partial charge in [-0.1, -0.05) is 267 Å². The van der Waals surface area contributed by atoms with Crippen molar-refractivity contribution < 1.29 is 8.83 Å². The van der Waals surface area contributed by atoms with Crippen molar-refractivity contribution in [3.63, 3.8) is 0 Å². The fourth-order valence-corrected chi connectivity index (χ4v) is 14.4. The average Bonchev–Trinajstić information content (AvgIpc) is 1.44. The van der Waals surface area contributed by atoms with E-state index in [0.717, 1.165) is 190 Å². The molecule has 0 bridgehead atoms. The molecule has 8 heteroatoms. The third kappa shape index (κ3) is 11.5. The maximum atomic E-state index is 6.07. The number of rotatable bonds is 12. The monoisotopic (exact) mass is 1330 g/mol. The van der Waals surface area contributed by atoms with E-state index in [1.165, 1.54) is 0 Å². The smallest absolute Gasteiger partial charge is 0.145 e. The Balaban J connectivity index is 0.000000143. The van der Waals surface area contributed by atoms with Gasteiger partial charge in [-0.25, -0.2) is 19.9 Å². The zero-order chi connectivity index (χ0) is 68.9. The Morgan fingerprint density at radius 3 is 0.904 bits per heavy atom. The van der Waals surface area contributed by atoms with Crippen LogP contribution in [0, 0.1) is 0 Å². The van der Waals surface area contributed by atoms with Crippen molar-refractivity contribution in [1.29, 1.82) is 0 Å². The molecule has 0 aliphatic rings. The summed E-state index contributed by atoms with van der Waals surface area (Å²) in [5.74, 6) is 1.83. The van der Waals surface area contributed by atoms with E-state index >= 15 is 0 Å². The molecule has 6 heterocycles. The number of aromatic nitrogens is 6. The van der Waals surface area contributed by atoms with Crippen LogP contribution in [0.2, 0.25) is 0 Å². The highest BCUT2D eigenvalue weighted by molar-refractivity contribution is 6.07. The first-order valence-corrected chi connectivity index (χ1v) is 35.0. The Morgan fingerprint density at radius 1 is 0.183 bits per heavy atom. The molecule has 0 N–H and O–H groups in total. The van der Waals surface area contributed by atoms with Crippen molar-refractivity contribution in [3.05, 3.63) is 376 Å². The van der Waals surface area contributed by atoms with Crippen LogP contribution in [0.5, 0.6) is 0 Å². The maximum Gasteiger partial charge on any atom is 0.145 e. The number of hydrogen-bond donors (Lipinski definition) is 0. The number of pyridine rings is 2. The number of fused-ring (bicyclic) bond motifs is 8. The fraction of sp³-hybridized carbons (Fsp3) is 0. The second-order valence-electron chi connectivity index (χ2n) is 26.1. The van der Waals surface area contributed by atoms with E-state index in [2.05, 4.69) is 325 Å². The van der Waals surface area contributed by atoms with Crippen LogP contribution in [0.25, 0.3) is 190 Å². The van der Waals surface area contributed by atoms with Gasteiger partial charge in [-0.2, -0.15) is 0 Å². The van der Waals surface area contributed by atoms with Crippen molar-refractivity contribution in [2.75, 3.05) is 0 Å². The Morgan fingerprint density at radius 2 is 0.471 bits per heavy atom. The predicted molar refractivity (Wildman–Crippen MR) is 427 cm³/mol. The first-order valence-electron chi connectivity index (χ1n) is 35.0. The molecule has 6 aromatic heterocycles. The highest BCUT2D eigenvalue weighted by atomic mass is 16.3. The quantitative estimate of drug-likeness (QED) is 0.121. The molecular formula is C96H62N6O2. The zero-order valence-corrected chi connectivity index (χ0v) is 56.3. The van der Waals surface area contributed by atoms with Gasteiger partial charge < -0.3 is 8.83 Å². The maximum absolute atomic E-state index is 6.07. The summed E-state index contributed by atoms with van der Waals surface area (Å²) < 4.78 is 16.6. The fourth-order valence-electron chi connectivity index (χ4n) is 14.4. The van der Waals surface area contributed by atoms with Crippen LogP contribution in [0.1, 0.15) is 0 Å². The van der Waals surface area contributed by atoms with Crippen LogP contribution in [-0.2, 0) is 0 Å². The summed E-state index contributed by atoms with van der Waals surface area (Å²) in [6, 6.07) is 131. The molecule has 8 nitrogen and oxygen atoms in total. The van der Waals surface area contributed by atoms with Crippen molar-refractivity contribution in [3.8, 4) is 124 Å². The highest BCUT2D eigenvalue weighted by Gasteiger charge is 2.20. The summed E-state index contributed by atoms with van der Waals surface area (Å²) in [7, 11) is 0. The average molecular weight is 1330 g/mol. The number of imidazole rings is 2. The summed E-state index contributed by atoms with van der Waals surface area (Å²) in [6.45, 7) is 0. The van der Waals surface area contributed by atoms with Crippen LogP contribution < -0.4 is 0 Å². The molecule has 104 heavy (non-hydrogen) atoms. The first-order chi connectivity index (χ1) is 51.5. The Bertz CT molecular complexity index is 6530. The summed E-state index contributed by atoms with van der Waals surface area (Å²) in [5.41, 5.74) is 29.0. The molecule has 488 valence electrons. The van der Waals surface area contributed by atoms with Crippen molar-refractivity contribution >= 4 is 65.9 Å². The molecule has 0 aliphatic carbocycles. The van der Waals surface area contributed by atoms with Gasteiger partial charge in [-0.15, -0.1) is 0 Å². The molecule has 0 fully saturated rings. The van der Waals surface area contributed by atoms with Gasteiger partial charge in [0.15, 0.2) is 0 Å². The van der Waals surface area contributed by atoms with E-state index in [4.69, 9.17) is 28.8 Å². The second kappa shape index (κ2) is 26.2. The SMILES string of the molecule is c1ccc(-c2cc(-c3ccc(-c4ccc5oc6ccccc6c5c4)cc3)cc(-c3ccc(-c4nc5ccccc5n4-c4ccccc4)cc3)n2)cc1.c1ccc(-c2cc(-c3ccc(-c4ccc5oc6ccccc6c5c4)cc3)cc(-c3ccc(-n4c(-c5ccccc5)nc5ccccc54)cc3)n2)cc1. The number of nitrogens with zero attached hydrogens (tertiary/aromatic N) is 6. The summed E-state index contributed by atoms with van der Waals surface area (Å²) in [6.07, 6.45) is 0. The van der Waals surface area contributed by atoms with Gasteiger partial charge in [0.05, 0.1) is 44.8 Å². The molecule has 14 aromatic carbocycles. The van der Waals surface area contributed by atoms with Gasteiger partial charge >= 0.3 is 0 Å². The zero-order valence-electron chi connectivity index (χ0n) is 56.3. The Labute approximate surface area is 600 Å². The number of para-hydroxylation sites is 7. The lowest BCUT2D eigenvalue weighted by Gasteiger charge is -2.13. The minimum atomic E-state index is 0.905. The van der Waals surface area contributed by atoms with E-state index in [0.29, 0.717) is 0 Å². The highest BCUT2D eigenvalue weighted by Crippen LogP contribution is 2.40. The van der Waals surface area contributed by atoms with Crippen molar-refractivity contribution in [1.82, 2.24) is 29.1 Å². The molecule has 0 saturated carbocycles. The van der Waals surface area contributed by atoms with Crippen LogP contribution in [0.3, 0.4) is 0 Å². The van der Waals surface area contributed by atoms with E-state index < -0.39 is 0 Å². The summed E-state index contributed by atoms with van der Waals surface area (Å²) in [5, 5.41) is 4.53. The van der Waals surface area contributed by atoms with Crippen LogP contribution >= 0.6 is 0 Å². The lowest BCUT2D eigenvalue weighted by atomic mass is 9.97. The molecule has 0 atom stereocenters. The summed E-state index contributed by atoms with van der Waals surface area (Å²) in [4.78, 5) is 20.5. The van der Waals surface area contributed by atoms with Crippen molar-refractivity contribution in [2.45, 2.75) is 0 Å². The Kier molecular flexibility index (Phi) is 15.4. The third-order valence-corrected chi connectivity index (χ3v) is 19.7. The molecular weight excluding hydrogens is 1270 g/mol. The second-order valence-corrected chi connectivity index (χ2v) is 26.1. The van der Waals surface area contributed by atoms with Crippen LogP contribution in [0.4, 0.5) is 0 Å². The van der Waals surface area contributed by atoms with E-state index in [9.17, 15) is 0 Å². The van der Waals surface area contributed by atoms with Gasteiger partial charge in [0.25, 0.3) is 0 Å². The first kappa shape index (κ1) is 61.0. The largest absolute Gasteiger partial charge is 0.456 e. The van der Waals surface area contributed by atoms with Crippen LogP contribution in [0.15, 0.2) is 385 Å². The number of hydrogen-bond acceptors (Lipinski definition) is 6. The summed E-state index contributed by atoms with van der Waals surface area (Å²) >= 11 is 0. The van der Waals surface area contributed by atoms with Gasteiger partial charge in [0.2, 0.25) is 0 Å². The normalized spacial score (nSPS) is 11.5. The molecule has 0 spiro atoms. The minimum absolute atomic E-state index is 0.905. The lowest BCUT2D eigenvalue weighted by molar-refractivity contribution is 0.668. The molecule has 0 radical (unpaired) electrons. The predicted octanol–water partition coefficient (Wildman–Crippen LogP) is 25.3. The minimum Gasteiger partial charge on any atom is -0.456 e. The van der Waals surface area contributed by atoms with E-state index in [1.54, 1.807) is 0 Å². The van der Waals surface area contributed by atoms with E-state index in [1.807, 2.05) is 60.7 Å². The van der Waals surface area contributed by atoms with Crippen LogP contribution in [-0.4, -0.2) is 29.1 Å². The van der Waals surface area contributed by atoms with Crippen molar-refractivity contribution in [2.24, 2.45) is 0 Å². The Hall–Kier alpha value is -14.1. The molecule has 20 rings (SSSR count). The molecule has 0 aliphatic heterocycles.